The molecule has 116 valence electrons. The van der Waals surface area contributed by atoms with Crippen LogP contribution >= 0.6 is 11.6 Å². The topological polar surface area (TPSA) is 63.8 Å². The molecule has 0 spiro atoms. The van der Waals surface area contributed by atoms with Crippen molar-refractivity contribution < 1.29 is 0 Å². The molecule has 0 amide bonds. The summed E-state index contributed by atoms with van der Waals surface area (Å²) in [4.78, 5) is 8.58. The molecule has 0 saturated heterocycles. The van der Waals surface area contributed by atoms with Gasteiger partial charge in [0.05, 0.1) is 5.02 Å². The molecule has 0 bridgehead atoms. The Morgan fingerprint density at radius 2 is 1.65 bits per heavy atom. The van der Waals surface area contributed by atoms with E-state index in [4.69, 9.17) is 17.3 Å². The number of halogens is 1. The molecule has 3 aromatic rings. The van der Waals surface area contributed by atoms with Crippen LogP contribution in [0.5, 0.6) is 0 Å². The lowest BCUT2D eigenvalue weighted by molar-refractivity contribution is 1.17. The van der Waals surface area contributed by atoms with Crippen LogP contribution in [-0.4, -0.2) is 9.97 Å². The third kappa shape index (κ3) is 2.98. The Hall–Kier alpha value is -2.59. The van der Waals surface area contributed by atoms with Crippen molar-refractivity contribution in [1.82, 2.24) is 9.97 Å². The molecule has 1 heterocycles. The van der Waals surface area contributed by atoms with Crippen molar-refractivity contribution in [3.63, 3.8) is 0 Å². The van der Waals surface area contributed by atoms with E-state index in [-0.39, 0.29) is 0 Å². The average Bonchev–Trinajstić information content (AvgIpc) is 2.53. The molecular formula is C18H17ClN4. The maximum Gasteiger partial charge on any atom is 0.157 e. The Labute approximate surface area is 140 Å². The summed E-state index contributed by atoms with van der Waals surface area (Å²) in [5.74, 6) is 0.576. The highest BCUT2D eigenvalue weighted by atomic mass is 35.5. The third-order valence-corrected chi connectivity index (χ3v) is 4.07. The molecule has 2 aromatic carbocycles. The Morgan fingerprint density at radius 1 is 0.957 bits per heavy atom. The standard InChI is InChI=1S/C18H17ClN4/c1-11-6-5-7-12(2)16(11)23-18-15(20)17(21-10-22-18)13-8-3-4-9-14(13)19/h3-10H,20H2,1-2H3,(H,21,22,23). The summed E-state index contributed by atoms with van der Waals surface area (Å²) < 4.78 is 0. The molecule has 0 saturated carbocycles. The smallest absolute Gasteiger partial charge is 0.157 e. The zero-order chi connectivity index (χ0) is 16.4. The number of aromatic nitrogens is 2. The van der Waals surface area contributed by atoms with Gasteiger partial charge in [0, 0.05) is 11.3 Å². The number of nitrogen functional groups attached to an aromatic ring is 1. The Morgan fingerprint density at radius 3 is 2.35 bits per heavy atom. The maximum atomic E-state index is 6.29. The lowest BCUT2D eigenvalue weighted by Crippen LogP contribution is -2.04. The van der Waals surface area contributed by atoms with E-state index in [0.29, 0.717) is 22.2 Å². The minimum atomic E-state index is 0.475. The van der Waals surface area contributed by atoms with E-state index in [9.17, 15) is 0 Å². The number of nitrogens with one attached hydrogen (secondary N) is 1. The van der Waals surface area contributed by atoms with Crippen molar-refractivity contribution in [2.45, 2.75) is 13.8 Å². The molecule has 0 aliphatic carbocycles. The normalized spacial score (nSPS) is 10.6. The number of rotatable bonds is 3. The number of hydrogen-bond donors (Lipinski definition) is 2. The quantitative estimate of drug-likeness (QED) is 0.730. The lowest BCUT2D eigenvalue weighted by Gasteiger charge is -2.15. The van der Waals surface area contributed by atoms with Crippen molar-refractivity contribution in [2.24, 2.45) is 0 Å². The molecule has 23 heavy (non-hydrogen) atoms. The van der Waals surface area contributed by atoms with Crippen molar-refractivity contribution in [3.05, 3.63) is 64.9 Å². The van der Waals surface area contributed by atoms with E-state index < -0.39 is 0 Å². The highest BCUT2D eigenvalue weighted by molar-refractivity contribution is 6.33. The van der Waals surface area contributed by atoms with Crippen LogP contribution in [0.3, 0.4) is 0 Å². The summed E-state index contributed by atoms with van der Waals surface area (Å²) in [5, 5.41) is 3.93. The van der Waals surface area contributed by atoms with E-state index in [1.54, 1.807) is 0 Å². The zero-order valence-electron chi connectivity index (χ0n) is 13.0. The van der Waals surface area contributed by atoms with Gasteiger partial charge < -0.3 is 11.1 Å². The number of hydrogen-bond acceptors (Lipinski definition) is 4. The maximum absolute atomic E-state index is 6.29. The van der Waals surface area contributed by atoms with Gasteiger partial charge >= 0.3 is 0 Å². The predicted octanol–water partition coefficient (Wildman–Crippen LogP) is 4.74. The van der Waals surface area contributed by atoms with E-state index in [2.05, 4.69) is 15.3 Å². The fourth-order valence-corrected chi connectivity index (χ4v) is 2.72. The van der Waals surface area contributed by atoms with Gasteiger partial charge in [0.1, 0.15) is 17.7 Å². The molecule has 0 radical (unpaired) electrons. The van der Waals surface area contributed by atoms with Gasteiger partial charge in [-0.2, -0.15) is 0 Å². The first kappa shape index (κ1) is 15.3. The van der Waals surface area contributed by atoms with Crippen LogP contribution in [0.4, 0.5) is 17.2 Å². The second-order valence-electron chi connectivity index (χ2n) is 5.36. The van der Waals surface area contributed by atoms with Crippen molar-refractivity contribution in [1.29, 1.82) is 0 Å². The molecule has 3 N–H and O–H groups in total. The monoisotopic (exact) mass is 324 g/mol. The van der Waals surface area contributed by atoms with Crippen LogP contribution in [0.1, 0.15) is 11.1 Å². The Balaban J connectivity index is 2.06. The summed E-state index contributed by atoms with van der Waals surface area (Å²) in [6.07, 6.45) is 1.49. The van der Waals surface area contributed by atoms with E-state index >= 15 is 0 Å². The first-order valence-electron chi connectivity index (χ1n) is 7.26. The first-order valence-corrected chi connectivity index (χ1v) is 7.64. The number of nitrogens with two attached hydrogens (primary N) is 1. The van der Waals surface area contributed by atoms with Gasteiger partial charge in [-0.05, 0) is 31.0 Å². The van der Waals surface area contributed by atoms with Crippen LogP contribution in [0.25, 0.3) is 11.3 Å². The van der Waals surface area contributed by atoms with Crippen LogP contribution in [0, 0.1) is 13.8 Å². The molecule has 5 heteroatoms. The first-order chi connectivity index (χ1) is 11.1. The number of nitrogens with zero attached hydrogens (tertiary/aromatic N) is 2. The second-order valence-corrected chi connectivity index (χ2v) is 5.76. The summed E-state index contributed by atoms with van der Waals surface area (Å²) in [5.41, 5.74) is 11.4. The highest BCUT2D eigenvalue weighted by Crippen LogP contribution is 2.34. The zero-order valence-corrected chi connectivity index (χ0v) is 13.7. The number of benzene rings is 2. The number of aryl methyl sites for hydroxylation is 2. The summed E-state index contributed by atoms with van der Waals surface area (Å²) in [6.45, 7) is 4.09. The lowest BCUT2D eigenvalue weighted by atomic mass is 10.1. The summed E-state index contributed by atoms with van der Waals surface area (Å²) in [6, 6.07) is 13.6. The van der Waals surface area contributed by atoms with Crippen LogP contribution in [0.2, 0.25) is 5.02 Å². The predicted molar refractivity (Wildman–Crippen MR) is 96.1 cm³/mol. The van der Waals surface area contributed by atoms with Crippen LogP contribution < -0.4 is 11.1 Å². The van der Waals surface area contributed by atoms with Crippen LogP contribution in [0.15, 0.2) is 48.8 Å². The fourth-order valence-electron chi connectivity index (χ4n) is 2.49. The molecule has 0 aliphatic rings. The molecular weight excluding hydrogens is 308 g/mol. The van der Waals surface area contributed by atoms with Crippen molar-refractivity contribution in [3.8, 4) is 11.3 Å². The van der Waals surface area contributed by atoms with E-state index in [1.807, 2.05) is 56.3 Å². The van der Waals surface area contributed by atoms with Gasteiger partial charge in [0.25, 0.3) is 0 Å². The molecule has 4 nitrogen and oxygen atoms in total. The minimum absolute atomic E-state index is 0.475. The van der Waals surface area contributed by atoms with Gasteiger partial charge in [-0.3, -0.25) is 0 Å². The van der Waals surface area contributed by atoms with Gasteiger partial charge in [0.15, 0.2) is 5.82 Å². The van der Waals surface area contributed by atoms with Gasteiger partial charge in [-0.1, -0.05) is 48.0 Å². The Kier molecular flexibility index (Phi) is 4.17. The van der Waals surface area contributed by atoms with Crippen LogP contribution in [-0.2, 0) is 0 Å². The molecule has 3 rings (SSSR count). The third-order valence-electron chi connectivity index (χ3n) is 3.74. The highest BCUT2D eigenvalue weighted by Gasteiger charge is 2.14. The van der Waals surface area contributed by atoms with E-state index in [0.717, 1.165) is 22.4 Å². The molecule has 0 aliphatic heterocycles. The molecule has 0 fully saturated rings. The summed E-state index contributed by atoms with van der Waals surface area (Å²) >= 11 is 6.26. The van der Waals surface area contributed by atoms with Crippen molar-refractivity contribution >= 4 is 28.8 Å². The second kappa shape index (κ2) is 6.26. The fraction of sp³-hybridized carbons (Fsp3) is 0.111. The minimum Gasteiger partial charge on any atom is -0.394 e. The average molecular weight is 325 g/mol. The number of para-hydroxylation sites is 1. The molecule has 0 unspecified atom stereocenters. The van der Waals surface area contributed by atoms with Gasteiger partial charge in [0.2, 0.25) is 0 Å². The Bertz CT molecular complexity index is 841. The molecule has 1 aromatic heterocycles. The summed E-state index contributed by atoms with van der Waals surface area (Å²) in [7, 11) is 0. The largest absolute Gasteiger partial charge is 0.394 e. The number of anilines is 3. The SMILES string of the molecule is Cc1cccc(C)c1Nc1ncnc(-c2ccccc2Cl)c1N. The molecule has 0 atom stereocenters. The van der Waals surface area contributed by atoms with Gasteiger partial charge in [-0.25, -0.2) is 9.97 Å². The van der Waals surface area contributed by atoms with E-state index in [1.165, 1.54) is 6.33 Å². The van der Waals surface area contributed by atoms with Crippen molar-refractivity contribution in [2.75, 3.05) is 11.1 Å². The van der Waals surface area contributed by atoms with Gasteiger partial charge in [-0.15, -0.1) is 0 Å².